The third-order valence-corrected chi connectivity index (χ3v) is 2.86. The van der Waals surface area contributed by atoms with Gasteiger partial charge in [0.05, 0.1) is 0 Å². The third-order valence-electron chi connectivity index (χ3n) is 2.86. The molecule has 1 aliphatic heterocycles. The lowest BCUT2D eigenvalue weighted by Gasteiger charge is -2.36. The number of piperidine rings is 1. The Morgan fingerprint density at radius 3 is 2.50 bits per heavy atom. The highest BCUT2D eigenvalue weighted by atomic mass is 19.1. The molecule has 0 aliphatic carbocycles. The van der Waals surface area contributed by atoms with Crippen molar-refractivity contribution in [3.05, 3.63) is 0 Å². The van der Waals surface area contributed by atoms with Gasteiger partial charge in [0.25, 0.3) is 0 Å². The van der Waals surface area contributed by atoms with E-state index < -0.39 is 6.67 Å². The fourth-order valence-corrected chi connectivity index (χ4v) is 1.99. The van der Waals surface area contributed by atoms with Gasteiger partial charge in [0.15, 0.2) is 0 Å². The molecule has 1 aliphatic rings. The summed E-state index contributed by atoms with van der Waals surface area (Å²) >= 11 is 0. The molecule has 1 heterocycles. The zero-order valence-electron chi connectivity index (χ0n) is 9.00. The first kappa shape index (κ1) is 11.4. The molecule has 1 fully saturated rings. The van der Waals surface area contributed by atoms with E-state index in [4.69, 9.17) is 0 Å². The van der Waals surface area contributed by atoms with E-state index in [1.165, 1.54) is 6.92 Å². The number of carbonyl (C=O) groups is 1. The van der Waals surface area contributed by atoms with Gasteiger partial charge in [0.1, 0.15) is 6.67 Å². The molecule has 0 atom stereocenters. The van der Waals surface area contributed by atoms with Gasteiger partial charge in [0, 0.05) is 19.5 Å². The molecule has 3 nitrogen and oxygen atoms in total. The number of amides is 1. The lowest BCUT2D eigenvalue weighted by atomic mass is 10.0. The summed E-state index contributed by atoms with van der Waals surface area (Å²) in [6.45, 7) is 3.34. The van der Waals surface area contributed by atoms with Gasteiger partial charge in [-0.2, -0.15) is 0 Å². The smallest absolute Gasteiger partial charge is 0.219 e. The third kappa shape index (κ3) is 2.94. The van der Waals surface area contributed by atoms with Crippen LogP contribution in [0.25, 0.3) is 0 Å². The number of nitrogens with zero attached hydrogens (tertiary/aromatic N) is 2. The SMILES string of the molecule is CC(=O)N(CCF)C1CCN(C)CC1. The van der Waals surface area contributed by atoms with Crippen LogP contribution in [0.2, 0.25) is 0 Å². The van der Waals surface area contributed by atoms with Crippen molar-refractivity contribution in [3.63, 3.8) is 0 Å². The van der Waals surface area contributed by atoms with E-state index in [0.29, 0.717) is 0 Å². The predicted octanol–water partition coefficient (Wildman–Crippen LogP) is 0.899. The van der Waals surface area contributed by atoms with Crippen molar-refractivity contribution in [1.29, 1.82) is 0 Å². The number of halogens is 1. The maximum Gasteiger partial charge on any atom is 0.219 e. The molecule has 0 unspecified atom stereocenters. The summed E-state index contributed by atoms with van der Waals surface area (Å²) in [6, 6.07) is 0.249. The summed E-state index contributed by atoms with van der Waals surface area (Å²) in [7, 11) is 2.07. The number of alkyl halides is 1. The molecule has 0 spiro atoms. The molecule has 4 heteroatoms. The van der Waals surface area contributed by atoms with E-state index >= 15 is 0 Å². The highest BCUT2D eigenvalue weighted by molar-refractivity contribution is 5.73. The molecule has 1 saturated heterocycles. The summed E-state index contributed by atoms with van der Waals surface area (Å²) in [4.78, 5) is 15.2. The molecular weight excluding hydrogens is 183 g/mol. The monoisotopic (exact) mass is 202 g/mol. The first-order valence-corrected chi connectivity index (χ1v) is 5.17. The van der Waals surface area contributed by atoms with Crippen molar-refractivity contribution in [2.75, 3.05) is 33.4 Å². The number of carbonyl (C=O) groups excluding carboxylic acids is 1. The van der Waals surface area contributed by atoms with Crippen molar-refractivity contribution in [3.8, 4) is 0 Å². The molecule has 0 radical (unpaired) electrons. The van der Waals surface area contributed by atoms with Crippen LogP contribution >= 0.6 is 0 Å². The van der Waals surface area contributed by atoms with Crippen LogP contribution in [-0.4, -0.2) is 55.1 Å². The van der Waals surface area contributed by atoms with Crippen molar-refractivity contribution < 1.29 is 9.18 Å². The average Bonchev–Trinajstić information content (AvgIpc) is 2.15. The maximum atomic E-state index is 12.2. The summed E-state index contributed by atoms with van der Waals surface area (Å²) in [5, 5.41) is 0. The minimum Gasteiger partial charge on any atom is -0.337 e. The second-order valence-electron chi connectivity index (χ2n) is 3.94. The lowest BCUT2D eigenvalue weighted by molar-refractivity contribution is -0.132. The molecule has 82 valence electrons. The zero-order valence-corrected chi connectivity index (χ0v) is 9.00. The van der Waals surface area contributed by atoms with E-state index in [1.807, 2.05) is 0 Å². The molecular formula is C10H19FN2O. The van der Waals surface area contributed by atoms with Crippen molar-refractivity contribution in [2.24, 2.45) is 0 Å². The van der Waals surface area contributed by atoms with Gasteiger partial charge in [-0.3, -0.25) is 4.79 Å². The minimum atomic E-state index is -0.439. The first-order valence-electron chi connectivity index (χ1n) is 5.17. The van der Waals surface area contributed by atoms with Crippen molar-refractivity contribution in [2.45, 2.75) is 25.8 Å². The molecule has 1 rings (SSSR count). The van der Waals surface area contributed by atoms with Gasteiger partial charge in [-0.05, 0) is 33.0 Å². The fraction of sp³-hybridized carbons (Fsp3) is 0.900. The van der Waals surface area contributed by atoms with Crippen molar-refractivity contribution in [1.82, 2.24) is 9.80 Å². The second kappa shape index (κ2) is 5.29. The highest BCUT2D eigenvalue weighted by Gasteiger charge is 2.24. The van der Waals surface area contributed by atoms with Gasteiger partial charge in [-0.25, -0.2) is 4.39 Å². The summed E-state index contributed by atoms with van der Waals surface area (Å²) in [5.41, 5.74) is 0. The fourth-order valence-electron chi connectivity index (χ4n) is 1.99. The molecule has 0 aromatic heterocycles. The van der Waals surface area contributed by atoms with Gasteiger partial charge < -0.3 is 9.80 Å². The molecule has 0 saturated carbocycles. The Balaban J connectivity index is 2.47. The molecule has 0 aromatic carbocycles. The standard InChI is InChI=1S/C10H19FN2O/c1-9(14)13(8-5-11)10-3-6-12(2)7-4-10/h10H,3-8H2,1-2H3. The van der Waals surface area contributed by atoms with Gasteiger partial charge in [-0.15, -0.1) is 0 Å². The van der Waals surface area contributed by atoms with Gasteiger partial charge in [0.2, 0.25) is 5.91 Å². The van der Waals surface area contributed by atoms with E-state index in [-0.39, 0.29) is 18.5 Å². The van der Waals surface area contributed by atoms with Crippen LogP contribution < -0.4 is 0 Å². The largest absolute Gasteiger partial charge is 0.337 e. The van der Waals surface area contributed by atoms with E-state index in [9.17, 15) is 9.18 Å². The number of rotatable bonds is 3. The summed E-state index contributed by atoms with van der Waals surface area (Å²) in [5.74, 6) is -0.00259. The zero-order chi connectivity index (χ0) is 10.6. The summed E-state index contributed by atoms with van der Waals surface area (Å²) < 4.78 is 12.2. The Kier molecular flexibility index (Phi) is 4.32. The Morgan fingerprint density at radius 1 is 1.50 bits per heavy atom. The summed E-state index contributed by atoms with van der Waals surface area (Å²) in [6.07, 6.45) is 1.94. The molecule has 0 aromatic rings. The topological polar surface area (TPSA) is 23.6 Å². The van der Waals surface area contributed by atoms with Crippen LogP contribution in [0, 0.1) is 0 Å². The number of hydrogen-bond acceptors (Lipinski definition) is 2. The van der Waals surface area contributed by atoms with Crippen LogP contribution in [0.1, 0.15) is 19.8 Å². The van der Waals surface area contributed by atoms with Crippen LogP contribution in [0.5, 0.6) is 0 Å². The number of likely N-dealkylation sites (tertiary alicyclic amines) is 1. The Bertz CT molecular complexity index is 191. The normalized spacial score (nSPS) is 19.6. The average molecular weight is 202 g/mol. The lowest BCUT2D eigenvalue weighted by Crippen LogP contribution is -2.46. The molecule has 0 N–H and O–H groups in total. The van der Waals surface area contributed by atoms with Crippen LogP contribution in [0.15, 0.2) is 0 Å². The van der Waals surface area contributed by atoms with Crippen LogP contribution in [0.4, 0.5) is 4.39 Å². The molecule has 14 heavy (non-hydrogen) atoms. The van der Waals surface area contributed by atoms with E-state index in [2.05, 4.69) is 11.9 Å². The maximum absolute atomic E-state index is 12.2. The molecule has 1 amide bonds. The number of hydrogen-bond donors (Lipinski definition) is 0. The Hall–Kier alpha value is -0.640. The second-order valence-corrected chi connectivity index (χ2v) is 3.94. The quantitative estimate of drug-likeness (QED) is 0.679. The van der Waals surface area contributed by atoms with E-state index in [0.717, 1.165) is 25.9 Å². The van der Waals surface area contributed by atoms with Crippen molar-refractivity contribution >= 4 is 5.91 Å². The predicted molar refractivity (Wildman–Crippen MR) is 53.9 cm³/mol. The van der Waals surface area contributed by atoms with Gasteiger partial charge in [-0.1, -0.05) is 0 Å². The molecule has 0 bridgehead atoms. The minimum absolute atomic E-state index is 0.00259. The van der Waals surface area contributed by atoms with Crippen LogP contribution in [0.3, 0.4) is 0 Å². The first-order chi connectivity index (χ1) is 6.65. The van der Waals surface area contributed by atoms with Crippen LogP contribution in [-0.2, 0) is 4.79 Å². The highest BCUT2D eigenvalue weighted by Crippen LogP contribution is 2.15. The van der Waals surface area contributed by atoms with E-state index in [1.54, 1.807) is 4.90 Å². The van der Waals surface area contributed by atoms with Gasteiger partial charge >= 0.3 is 0 Å². The Labute approximate surface area is 84.9 Å². The Morgan fingerprint density at radius 2 is 2.07 bits per heavy atom.